The lowest BCUT2D eigenvalue weighted by molar-refractivity contribution is -0.00302. The molecule has 1 fully saturated rings. The van der Waals surface area contributed by atoms with Gasteiger partial charge in [-0.2, -0.15) is 0 Å². The topological polar surface area (TPSA) is 9.23 Å². The Bertz CT molecular complexity index is 103. The summed E-state index contributed by atoms with van der Waals surface area (Å²) < 4.78 is 4.88. The van der Waals surface area contributed by atoms with Gasteiger partial charge in [0.15, 0.2) is 0 Å². The highest BCUT2D eigenvalue weighted by Crippen LogP contribution is 2.06. The van der Waals surface area contributed by atoms with Gasteiger partial charge >= 0.3 is 0 Å². The third kappa shape index (κ3) is 0.942. The number of hydrogen-bond donors (Lipinski definition) is 0. The van der Waals surface area contributed by atoms with Crippen molar-refractivity contribution in [2.75, 3.05) is 13.2 Å². The summed E-state index contributed by atoms with van der Waals surface area (Å²) in [6, 6.07) is 0. The van der Waals surface area contributed by atoms with Crippen molar-refractivity contribution in [1.29, 1.82) is 0 Å². The van der Waals surface area contributed by atoms with Gasteiger partial charge in [-0.15, -0.1) is 5.92 Å². The highest BCUT2D eigenvalue weighted by atomic mass is 16.5. The smallest absolute Gasteiger partial charge is 0.0670 e. The summed E-state index contributed by atoms with van der Waals surface area (Å²) in [6.07, 6.45) is 0. The fourth-order valence-corrected chi connectivity index (χ4v) is 0.523. The third-order valence-electron chi connectivity index (χ3n) is 0.987. The molecule has 0 N–H and O–H groups in total. The number of rotatable bonds is 0. The molecule has 0 aromatic heterocycles. The Kier molecular flexibility index (Phi) is 1.33. The van der Waals surface area contributed by atoms with Gasteiger partial charge in [0.05, 0.1) is 19.1 Å². The molecule has 1 heterocycles. The maximum absolute atomic E-state index is 4.88. The maximum Gasteiger partial charge on any atom is 0.0670 e. The maximum atomic E-state index is 4.88. The number of ether oxygens (including phenoxy) is 1. The standard InChI is InChI=1S/C6H8O/c1-2-3-6-4-7-5-6/h6H,4-5H2,1H3. The zero-order valence-electron chi connectivity index (χ0n) is 4.40. The molecule has 1 aliphatic rings. The molecule has 0 aliphatic carbocycles. The van der Waals surface area contributed by atoms with Crippen molar-refractivity contribution in [3.63, 3.8) is 0 Å². The van der Waals surface area contributed by atoms with Crippen LogP contribution in [-0.2, 0) is 4.74 Å². The van der Waals surface area contributed by atoms with Gasteiger partial charge in [0.2, 0.25) is 0 Å². The van der Waals surface area contributed by atoms with Crippen LogP contribution in [0.5, 0.6) is 0 Å². The van der Waals surface area contributed by atoms with Crippen LogP contribution in [0.3, 0.4) is 0 Å². The molecule has 1 aliphatic heterocycles. The van der Waals surface area contributed by atoms with E-state index in [0.717, 1.165) is 13.2 Å². The fraction of sp³-hybridized carbons (Fsp3) is 0.667. The summed E-state index contributed by atoms with van der Waals surface area (Å²) in [5.41, 5.74) is 0. The second-order valence-electron chi connectivity index (χ2n) is 1.63. The van der Waals surface area contributed by atoms with E-state index >= 15 is 0 Å². The summed E-state index contributed by atoms with van der Waals surface area (Å²) in [4.78, 5) is 0. The van der Waals surface area contributed by atoms with Crippen LogP contribution in [0.1, 0.15) is 6.92 Å². The third-order valence-corrected chi connectivity index (χ3v) is 0.987. The molecule has 1 heteroatoms. The molecule has 0 amide bonds. The monoisotopic (exact) mass is 96.1 g/mol. The van der Waals surface area contributed by atoms with Crippen LogP contribution in [0.15, 0.2) is 0 Å². The first kappa shape index (κ1) is 4.67. The van der Waals surface area contributed by atoms with Crippen LogP contribution < -0.4 is 0 Å². The van der Waals surface area contributed by atoms with Crippen molar-refractivity contribution in [2.45, 2.75) is 6.92 Å². The van der Waals surface area contributed by atoms with E-state index in [0.29, 0.717) is 5.92 Å². The predicted octanol–water partition coefficient (Wildman–Crippen LogP) is 0.656. The van der Waals surface area contributed by atoms with Gasteiger partial charge in [-0.05, 0) is 6.92 Å². The molecule has 1 nitrogen and oxygen atoms in total. The van der Waals surface area contributed by atoms with E-state index in [4.69, 9.17) is 4.74 Å². The Balaban J connectivity index is 2.23. The van der Waals surface area contributed by atoms with Crippen LogP contribution in [0.2, 0.25) is 0 Å². The van der Waals surface area contributed by atoms with Crippen molar-refractivity contribution >= 4 is 0 Å². The molecule has 0 aromatic carbocycles. The molecule has 38 valence electrons. The minimum absolute atomic E-state index is 0.546. The van der Waals surface area contributed by atoms with Crippen molar-refractivity contribution < 1.29 is 4.74 Å². The van der Waals surface area contributed by atoms with E-state index < -0.39 is 0 Å². The van der Waals surface area contributed by atoms with Crippen molar-refractivity contribution in [2.24, 2.45) is 5.92 Å². The molecule has 0 bridgehead atoms. The Hall–Kier alpha value is -0.480. The van der Waals surface area contributed by atoms with Gasteiger partial charge in [-0.3, -0.25) is 0 Å². The average Bonchev–Trinajstić information content (AvgIpc) is 1.55. The molecule has 1 saturated heterocycles. The molecule has 1 rings (SSSR count). The van der Waals surface area contributed by atoms with E-state index in [-0.39, 0.29) is 0 Å². The van der Waals surface area contributed by atoms with Gasteiger partial charge in [0.25, 0.3) is 0 Å². The molecule has 0 unspecified atom stereocenters. The lowest BCUT2D eigenvalue weighted by Crippen LogP contribution is -2.25. The van der Waals surface area contributed by atoms with E-state index in [1.807, 2.05) is 6.92 Å². The van der Waals surface area contributed by atoms with Crippen molar-refractivity contribution in [3.8, 4) is 11.8 Å². The number of hydrogen-bond acceptors (Lipinski definition) is 1. The first-order valence-corrected chi connectivity index (χ1v) is 2.43. The Labute approximate surface area is 43.7 Å². The Morgan fingerprint density at radius 1 is 1.57 bits per heavy atom. The predicted molar refractivity (Wildman–Crippen MR) is 27.8 cm³/mol. The zero-order valence-corrected chi connectivity index (χ0v) is 4.40. The first-order valence-electron chi connectivity index (χ1n) is 2.43. The summed E-state index contributed by atoms with van der Waals surface area (Å²) in [7, 11) is 0. The van der Waals surface area contributed by atoms with Crippen LogP contribution in [-0.4, -0.2) is 13.2 Å². The summed E-state index contributed by atoms with van der Waals surface area (Å²) in [5, 5.41) is 0. The zero-order chi connectivity index (χ0) is 5.11. The average molecular weight is 96.1 g/mol. The van der Waals surface area contributed by atoms with Crippen LogP contribution in [0.25, 0.3) is 0 Å². The van der Waals surface area contributed by atoms with Gasteiger partial charge in [-0.25, -0.2) is 0 Å². The highest BCUT2D eigenvalue weighted by Gasteiger charge is 2.13. The van der Waals surface area contributed by atoms with Gasteiger partial charge < -0.3 is 4.74 Å². The molecule has 0 atom stereocenters. The van der Waals surface area contributed by atoms with E-state index in [1.54, 1.807) is 0 Å². The van der Waals surface area contributed by atoms with E-state index in [2.05, 4.69) is 11.8 Å². The lowest BCUT2D eigenvalue weighted by Gasteiger charge is -2.19. The second kappa shape index (κ2) is 1.99. The SMILES string of the molecule is CC#CC1COC1. The fourth-order valence-electron chi connectivity index (χ4n) is 0.523. The molecule has 7 heavy (non-hydrogen) atoms. The molecular weight excluding hydrogens is 88.1 g/mol. The summed E-state index contributed by atoms with van der Waals surface area (Å²) in [6.45, 7) is 3.56. The molecule has 0 spiro atoms. The van der Waals surface area contributed by atoms with Crippen LogP contribution >= 0.6 is 0 Å². The minimum Gasteiger partial charge on any atom is -0.379 e. The van der Waals surface area contributed by atoms with Gasteiger partial charge in [-0.1, -0.05) is 5.92 Å². The quantitative estimate of drug-likeness (QED) is 0.402. The largest absolute Gasteiger partial charge is 0.379 e. The summed E-state index contributed by atoms with van der Waals surface area (Å²) in [5.74, 6) is 6.39. The van der Waals surface area contributed by atoms with Gasteiger partial charge in [0, 0.05) is 0 Å². The van der Waals surface area contributed by atoms with Gasteiger partial charge in [0.1, 0.15) is 0 Å². The summed E-state index contributed by atoms with van der Waals surface area (Å²) >= 11 is 0. The van der Waals surface area contributed by atoms with Crippen LogP contribution in [0, 0.1) is 17.8 Å². The van der Waals surface area contributed by atoms with Crippen LogP contribution in [0.4, 0.5) is 0 Å². The molecule has 0 radical (unpaired) electrons. The van der Waals surface area contributed by atoms with E-state index in [1.165, 1.54) is 0 Å². The Morgan fingerprint density at radius 2 is 2.29 bits per heavy atom. The second-order valence-corrected chi connectivity index (χ2v) is 1.63. The van der Waals surface area contributed by atoms with Crippen molar-refractivity contribution in [1.82, 2.24) is 0 Å². The van der Waals surface area contributed by atoms with E-state index in [9.17, 15) is 0 Å². The molecule has 0 saturated carbocycles. The molecule has 0 aromatic rings. The first-order chi connectivity index (χ1) is 3.43. The van der Waals surface area contributed by atoms with Crippen molar-refractivity contribution in [3.05, 3.63) is 0 Å². The normalized spacial score (nSPS) is 19.6. The lowest BCUT2D eigenvalue weighted by atomic mass is 10.1. The Morgan fingerprint density at radius 3 is 2.43 bits per heavy atom. The highest BCUT2D eigenvalue weighted by molar-refractivity contribution is 5.03. The molecular formula is C6H8O. The minimum atomic E-state index is 0.546.